The van der Waals surface area contributed by atoms with Crippen LogP contribution < -0.4 is 4.90 Å². The Kier molecular flexibility index (Phi) is 6.54. The van der Waals surface area contributed by atoms with Crippen molar-refractivity contribution in [3.63, 3.8) is 0 Å². The number of benzene rings is 3. The smallest absolute Gasteiger partial charge is 0.338 e. The van der Waals surface area contributed by atoms with Crippen molar-refractivity contribution >= 4 is 45.9 Å². The molecule has 3 aromatic carbocycles. The van der Waals surface area contributed by atoms with E-state index in [2.05, 4.69) is 0 Å². The average Bonchev–Trinajstić information content (AvgIpc) is 3.45. The number of halogens is 1. The number of ether oxygens (including phenoxy) is 1. The maximum absolute atomic E-state index is 13.7. The number of anilines is 1. The molecule has 1 atom stereocenters. The summed E-state index contributed by atoms with van der Waals surface area (Å²) in [6, 6.07) is 20.7. The molecule has 186 valence electrons. The summed E-state index contributed by atoms with van der Waals surface area (Å²) in [7, 11) is 0. The Balaban J connectivity index is 1.59. The molecule has 0 radical (unpaired) electrons. The molecule has 1 unspecified atom stereocenters. The molecule has 0 spiro atoms. The monoisotopic (exact) mass is 515 g/mol. The summed E-state index contributed by atoms with van der Waals surface area (Å²) in [6.45, 7) is 2.16. The molecule has 1 aromatic heterocycles. The molecule has 8 heteroatoms. The fraction of sp³-hybridized carbons (Fsp3) is 0.138. The van der Waals surface area contributed by atoms with E-state index in [0.29, 0.717) is 33.7 Å². The van der Waals surface area contributed by atoms with Gasteiger partial charge in [-0.1, -0.05) is 54.9 Å². The van der Waals surface area contributed by atoms with Gasteiger partial charge in [0.1, 0.15) is 5.58 Å². The third-order valence-electron chi connectivity index (χ3n) is 6.07. The van der Waals surface area contributed by atoms with Crippen LogP contribution in [0, 0.1) is 0 Å². The Morgan fingerprint density at radius 1 is 1.03 bits per heavy atom. The van der Waals surface area contributed by atoms with Crippen molar-refractivity contribution in [3.8, 4) is 0 Å². The summed E-state index contributed by atoms with van der Waals surface area (Å²) < 4.78 is 11.0. The first-order valence-corrected chi connectivity index (χ1v) is 12.1. The van der Waals surface area contributed by atoms with E-state index in [4.69, 9.17) is 20.8 Å². The predicted molar refractivity (Wildman–Crippen MR) is 139 cm³/mol. The topological polar surface area (TPSA) is 97.0 Å². The Morgan fingerprint density at radius 2 is 1.81 bits per heavy atom. The zero-order valence-corrected chi connectivity index (χ0v) is 20.6. The Hall–Kier alpha value is -4.36. The molecule has 7 nitrogen and oxygen atoms in total. The minimum Gasteiger partial charge on any atom is -0.503 e. The molecule has 1 aliphatic rings. The van der Waals surface area contributed by atoms with Crippen molar-refractivity contribution in [1.29, 1.82) is 0 Å². The molecule has 1 N–H and O–H groups in total. The fourth-order valence-corrected chi connectivity index (χ4v) is 4.55. The van der Waals surface area contributed by atoms with Crippen LogP contribution in [0.25, 0.3) is 11.0 Å². The normalized spacial score (nSPS) is 15.5. The highest BCUT2D eigenvalue weighted by atomic mass is 35.5. The van der Waals surface area contributed by atoms with E-state index in [-0.39, 0.29) is 23.5 Å². The SMILES string of the molecule is CCCOC(=O)c1cccc(N2C(=O)C(O)=C(C(=O)c3cc4cc(Cl)ccc4o3)C2c2ccccc2)c1. The standard InChI is InChI=1S/C29H22ClNO6/c1-2-13-36-29(35)18-9-6-10-21(15-18)31-25(17-7-4-3-5-8-17)24(27(33)28(31)34)26(32)23-16-19-14-20(30)11-12-22(19)37-23/h3-12,14-16,25,33H,2,13H2,1H3. The number of nitrogens with zero attached hydrogens (tertiary/aromatic N) is 1. The second kappa shape index (κ2) is 9.95. The lowest BCUT2D eigenvalue weighted by Crippen LogP contribution is -2.31. The maximum Gasteiger partial charge on any atom is 0.338 e. The highest BCUT2D eigenvalue weighted by molar-refractivity contribution is 6.31. The van der Waals surface area contributed by atoms with Crippen molar-refractivity contribution < 1.29 is 28.6 Å². The third kappa shape index (κ3) is 4.49. The van der Waals surface area contributed by atoms with E-state index >= 15 is 0 Å². The van der Waals surface area contributed by atoms with Gasteiger partial charge in [0.15, 0.2) is 11.5 Å². The minimum atomic E-state index is -0.958. The molecule has 0 saturated heterocycles. The number of rotatable bonds is 7. The molecular weight excluding hydrogens is 494 g/mol. The van der Waals surface area contributed by atoms with Crippen LogP contribution in [0.3, 0.4) is 0 Å². The lowest BCUT2D eigenvalue weighted by molar-refractivity contribution is -0.117. The molecule has 2 heterocycles. The number of hydrogen-bond donors (Lipinski definition) is 1. The fourth-order valence-electron chi connectivity index (χ4n) is 4.37. The summed E-state index contributed by atoms with van der Waals surface area (Å²) in [5.41, 5.74) is 1.50. The van der Waals surface area contributed by atoms with Crippen LogP contribution >= 0.6 is 11.6 Å². The molecule has 0 aliphatic carbocycles. The molecule has 5 rings (SSSR count). The van der Waals surface area contributed by atoms with Crippen molar-refractivity contribution in [1.82, 2.24) is 0 Å². The first-order chi connectivity index (χ1) is 17.9. The van der Waals surface area contributed by atoms with Crippen LogP contribution in [-0.2, 0) is 9.53 Å². The summed E-state index contributed by atoms with van der Waals surface area (Å²) in [4.78, 5) is 40.9. The Labute approximate surface area is 217 Å². The summed E-state index contributed by atoms with van der Waals surface area (Å²) in [6.07, 6.45) is 0.670. The lowest BCUT2D eigenvalue weighted by Gasteiger charge is -2.27. The van der Waals surface area contributed by atoms with E-state index in [1.54, 1.807) is 60.7 Å². The van der Waals surface area contributed by atoms with Gasteiger partial charge in [-0.3, -0.25) is 14.5 Å². The number of carbonyl (C=O) groups is 3. The zero-order valence-electron chi connectivity index (χ0n) is 19.8. The molecule has 0 bridgehead atoms. The number of carbonyl (C=O) groups excluding carboxylic acids is 3. The quantitative estimate of drug-likeness (QED) is 0.225. The van der Waals surface area contributed by atoms with Gasteiger partial charge in [0.2, 0.25) is 5.78 Å². The molecule has 1 amide bonds. The maximum atomic E-state index is 13.7. The number of furan rings is 1. The Morgan fingerprint density at radius 3 is 2.57 bits per heavy atom. The van der Waals surface area contributed by atoms with Crippen molar-refractivity contribution in [2.45, 2.75) is 19.4 Å². The number of aliphatic hydroxyl groups excluding tert-OH is 1. The number of ketones is 1. The number of hydrogen-bond acceptors (Lipinski definition) is 6. The average molecular weight is 516 g/mol. The molecule has 0 saturated carbocycles. The van der Waals surface area contributed by atoms with Crippen LogP contribution in [0.2, 0.25) is 5.02 Å². The van der Waals surface area contributed by atoms with Gasteiger partial charge in [0.05, 0.1) is 23.8 Å². The highest BCUT2D eigenvalue weighted by Crippen LogP contribution is 2.42. The van der Waals surface area contributed by atoms with E-state index in [0.717, 1.165) is 0 Å². The van der Waals surface area contributed by atoms with Crippen molar-refractivity contribution in [3.05, 3.63) is 112 Å². The highest BCUT2D eigenvalue weighted by Gasteiger charge is 2.45. The molecule has 1 aliphatic heterocycles. The van der Waals surface area contributed by atoms with Gasteiger partial charge in [0.25, 0.3) is 5.91 Å². The predicted octanol–water partition coefficient (Wildman–Crippen LogP) is 6.44. The number of fused-ring (bicyclic) bond motifs is 1. The van der Waals surface area contributed by atoms with Gasteiger partial charge in [-0.15, -0.1) is 0 Å². The van der Waals surface area contributed by atoms with Gasteiger partial charge >= 0.3 is 5.97 Å². The summed E-state index contributed by atoms with van der Waals surface area (Å²) in [5.74, 6) is -2.65. The second-order valence-electron chi connectivity index (χ2n) is 8.56. The third-order valence-corrected chi connectivity index (χ3v) is 6.30. The number of amides is 1. The van der Waals surface area contributed by atoms with Gasteiger partial charge in [0, 0.05) is 16.1 Å². The molecule has 4 aromatic rings. The zero-order chi connectivity index (χ0) is 26.1. The largest absolute Gasteiger partial charge is 0.503 e. The van der Waals surface area contributed by atoms with Crippen molar-refractivity contribution in [2.75, 3.05) is 11.5 Å². The van der Waals surface area contributed by atoms with E-state index in [9.17, 15) is 19.5 Å². The van der Waals surface area contributed by atoms with Crippen molar-refractivity contribution in [2.24, 2.45) is 0 Å². The second-order valence-corrected chi connectivity index (χ2v) is 9.00. The lowest BCUT2D eigenvalue weighted by atomic mass is 9.94. The Bertz CT molecular complexity index is 1560. The van der Waals surface area contributed by atoms with Gasteiger partial charge in [-0.05, 0) is 54.4 Å². The summed E-state index contributed by atoms with van der Waals surface area (Å²) >= 11 is 6.07. The van der Waals surface area contributed by atoms with Crippen LogP contribution in [0.5, 0.6) is 0 Å². The first kappa shape index (κ1) is 24.3. The number of Topliss-reactive ketones (excluding diaryl/α,β-unsaturated/α-hetero) is 1. The minimum absolute atomic E-state index is 0.0358. The van der Waals surface area contributed by atoms with E-state index in [1.807, 2.05) is 13.0 Å². The first-order valence-electron chi connectivity index (χ1n) is 11.7. The van der Waals surface area contributed by atoms with E-state index in [1.165, 1.54) is 17.0 Å². The van der Waals surface area contributed by atoms with Crippen LogP contribution in [0.1, 0.15) is 45.9 Å². The van der Waals surface area contributed by atoms with Gasteiger partial charge in [-0.25, -0.2) is 4.79 Å². The summed E-state index contributed by atoms with van der Waals surface area (Å²) in [5, 5.41) is 12.1. The van der Waals surface area contributed by atoms with E-state index < -0.39 is 29.5 Å². The molecular formula is C29H22ClNO6. The van der Waals surface area contributed by atoms with Gasteiger partial charge in [-0.2, -0.15) is 0 Å². The number of aliphatic hydroxyl groups is 1. The van der Waals surface area contributed by atoms with Crippen LogP contribution in [0.4, 0.5) is 5.69 Å². The molecule has 0 fully saturated rings. The number of esters is 1. The molecule has 37 heavy (non-hydrogen) atoms. The van der Waals surface area contributed by atoms with Gasteiger partial charge < -0.3 is 14.3 Å². The van der Waals surface area contributed by atoms with Crippen LogP contribution in [0.15, 0.2) is 94.6 Å². The van der Waals surface area contributed by atoms with Crippen LogP contribution in [-0.4, -0.2) is 29.4 Å².